The van der Waals surface area contributed by atoms with Crippen molar-refractivity contribution in [2.75, 3.05) is 6.54 Å². The summed E-state index contributed by atoms with van der Waals surface area (Å²) in [6.07, 6.45) is 1.25. The molecule has 0 aromatic carbocycles. The number of hydrogen-bond acceptors (Lipinski definition) is 2. The second kappa shape index (κ2) is 5.23. The summed E-state index contributed by atoms with van der Waals surface area (Å²) in [6.45, 7) is 6.06. The van der Waals surface area contributed by atoms with Crippen molar-refractivity contribution in [1.29, 1.82) is 0 Å². The van der Waals surface area contributed by atoms with Gasteiger partial charge in [0.25, 0.3) is 5.91 Å². The van der Waals surface area contributed by atoms with Crippen LogP contribution in [0.15, 0.2) is 16.7 Å². The fourth-order valence-electron chi connectivity index (χ4n) is 1.34. The van der Waals surface area contributed by atoms with E-state index in [0.717, 1.165) is 4.47 Å². The van der Waals surface area contributed by atoms with Crippen molar-refractivity contribution in [3.8, 4) is 0 Å². The molecule has 5 heteroatoms. The standard InChI is InChI=1S/C12H19BrN2O2/c1-12(2,3)10(16)6-14-11(17)9-5-8(13)7-15(9)4/h5,7,10,16H,6H2,1-4H3,(H,14,17). The van der Waals surface area contributed by atoms with Gasteiger partial charge < -0.3 is 15.0 Å². The molecule has 2 N–H and O–H groups in total. The Hall–Kier alpha value is -0.810. The van der Waals surface area contributed by atoms with Gasteiger partial charge >= 0.3 is 0 Å². The number of aryl methyl sites for hydroxylation is 1. The van der Waals surface area contributed by atoms with Gasteiger partial charge in [0.05, 0.1) is 6.10 Å². The van der Waals surface area contributed by atoms with Gasteiger partial charge in [0.1, 0.15) is 5.69 Å². The van der Waals surface area contributed by atoms with Crippen LogP contribution < -0.4 is 5.32 Å². The molecule has 1 heterocycles. The van der Waals surface area contributed by atoms with Gasteiger partial charge in [-0.1, -0.05) is 20.8 Å². The fraction of sp³-hybridized carbons (Fsp3) is 0.583. The Morgan fingerprint density at radius 2 is 2.18 bits per heavy atom. The Kier molecular flexibility index (Phi) is 4.38. The molecule has 0 bridgehead atoms. The van der Waals surface area contributed by atoms with Crippen molar-refractivity contribution in [3.63, 3.8) is 0 Å². The number of rotatable bonds is 3. The van der Waals surface area contributed by atoms with E-state index in [1.165, 1.54) is 0 Å². The molecule has 0 aliphatic heterocycles. The maximum absolute atomic E-state index is 11.8. The molecule has 0 radical (unpaired) electrons. The van der Waals surface area contributed by atoms with Gasteiger partial charge in [0, 0.05) is 24.3 Å². The number of hydrogen-bond donors (Lipinski definition) is 2. The molecule has 0 aliphatic carbocycles. The first kappa shape index (κ1) is 14.3. The van der Waals surface area contributed by atoms with E-state index < -0.39 is 6.10 Å². The lowest BCUT2D eigenvalue weighted by Crippen LogP contribution is -2.39. The number of amides is 1. The second-order valence-corrected chi connectivity index (χ2v) is 6.16. The second-order valence-electron chi connectivity index (χ2n) is 5.25. The maximum atomic E-state index is 11.8. The number of aliphatic hydroxyl groups excluding tert-OH is 1. The van der Waals surface area contributed by atoms with E-state index in [2.05, 4.69) is 21.2 Å². The third-order valence-corrected chi connectivity index (χ3v) is 3.09. The molecule has 0 saturated heterocycles. The number of carbonyl (C=O) groups excluding carboxylic acids is 1. The smallest absolute Gasteiger partial charge is 0.268 e. The number of nitrogens with one attached hydrogen (secondary N) is 1. The Bertz CT molecular complexity index is 407. The molecule has 0 saturated carbocycles. The number of nitrogens with zero attached hydrogens (tertiary/aromatic N) is 1. The van der Waals surface area contributed by atoms with Gasteiger partial charge in [0.2, 0.25) is 0 Å². The van der Waals surface area contributed by atoms with E-state index >= 15 is 0 Å². The maximum Gasteiger partial charge on any atom is 0.268 e. The van der Waals surface area contributed by atoms with Crippen LogP contribution in [0, 0.1) is 5.41 Å². The van der Waals surface area contributed by atoms with Crippen molar-refractivity contribution >= 4 is 21.8 Å². The molecular formula is C12H19BrN2O2. The molecule has 1 aromatic rings. The highest BCUT2D eigenvalue weighted by Crippen LogP contribution is 2.18. The predicted molar refractivity (Wildman–Crippen MR) is 70.9 cm³/mol. The molecule has 0 aliphatic rings. The average Bonchev–Trinajstić information content (AvgIpc) is 2.52. The highest BCUT2D eigenvalue weighted by atomic mass is 79.9. The van der Waals surface area contributed by atoms with E-state index in [1.807, 2.05) is 27.0 Å². The fourth-order valence-corrected chi connectivity index (χ4v) is 1.86. The summed E-state index contributed by atoms with van der Waals surface area (Å²) in [5.41, 5.74) is 0.334. The van der Waals surface area contributed by atoms with Crippen LogP contribution in [0.3, 0.4) is 0 Å². The third kappa shape index (κ3) is 3.85. The molecule has 0 fully saturated rings. The van der Waals surface area contributed by atoms with Gasteiger partial charge in [-0.3, -0.25) is 4.79 Å². The van der Waals surface area contributed by atoms with Crippen LogP contribution in [0.5, 0.6) is 0 Å². The van der Waals surface area contributed by atoms with Crippen LogP contribution in [0.1, 0.15) is 31.3 Å². The minimum atomic E-state index is -0.560. The molecule has 1 atom stereocenters. The van der Waals surface area contributed by atoms with Crippen molar-refractivity contribution in [2.45, 2.75) is 26.9 Å². The minimum absolute atomic E-state index is 0.179. The van der Waals surface area contributed by atoms with Crippen LogP contribution in [0.2, 0.25) is 0 Å². The average molecular weight is 303 g/mol. The highest BCUT2D eigenvalue weighted by Gasteiger charge is 2.23. The van der Waals surface area contributed by atoms with E-state index in [9.17, 15) is 9.90 Å². The topological polar surface area (TPSA) is 54.3 Å². The Morgan fingerprint density at radius 1 is 1.59 bits per heavy atom. The molecule has 96 valence electrons. The first-order valence-electron chi connectivity index (χ1n) is 5.50. The normalized spacial score (nSPS) is 13.5. The summed E-state index contributed by atoms with van der Waals surface area (Å²) in [6, 6.07) is 1.75. The van der Waals surface area contributed by atoms with Crippen molar-refractivity contribution in [1.82, 2.24) is 9.88 Å². The number of carbonyl (C=O) groups is 1. The Morgan fingerprint density at radius 3 is 2.59 bits per heavy atom. The van der Waals surface area contributed by atoms with Gasteiger partial charge in [-0.25, -0.2) is 0 Å². The SMILES string of the molecule is Cn1cc(Br)cc1C(=O)NCC(O)C(C)(C)C. The van der Waals surface area contributed by atoms with Gasteiger partial charge in [-0.2, -0.15) is 0 Å². The molecule has 1 rings (SSSR count). The summed E-state index contributed by atoms with van der Waals surface area (Å²) < 4.78 is 2.60. The predicted octanol–water partition coefficient (Wildman–Crippen LogP) is 1.92. The number of aromatic nitrogens is 1. The minimum Gasteiger partial charge on any atom is -0.391 e. The van der Waals surface area contributed by atoms with Crippen molar-refractivity contribution in [2.24, 2.45) is 12.5 Å². The number of halogens is 1. The van der Waals surface area contributed by atoms with E-state index in [4.69, 9.17) is 0 Å². The van der Waals surface area contributed by atoms with Crippen LogP contribution >= 0.6 is 15.9 Å². The van der Waals surface area contributed by atoms with Crippen LogP contribution in [-0.2, 0) is 7.05 Å². The third-order valence-electron chi connectivity index (χ3n) is 2.66. The lowest BCUT2D eigenvalue weighted by molar-refractivity contribution is 0.0584. The first-order chi connectivity index (χ1) is 7.71. The van der Waals surface area contributed by atoms with Crippen LogP contribution in [0.4, 0.5) is 0 Å². The van der Waals surface area contributed by atoms with Gasteiger partial charge in [-0.05, 0) is 27.4 Å². The van der Waals surface area contributed by atoms with E-state index in [0.29, 0.717) is 5.69 Å². The molecule has 0 spiro atoms. The van der Waals surface area contributed by atoms with Crippen LogP contribution in [0.25, 0.3) is 0 Å². The summed E-state index contributed by atoms with van der Waals surface area (Å²) >= 11 is 3.31. The zero-order chi connectivity index (χ0) is 13.2. The van der Waals surface area contributed by atoms with Crippen molar-refractivity contribution < 1.29 is 9.90 Å². The first-order valence-corrected chi connectivity index (χ1v) is 6.29. The largest absolute Gasteiger partial charge is 0.391 e. The Balaban J connectivity index is 2.60. The molecule has 1 amide bonds. The molecule has 1 unspecified atom stereocenters. The number of aliphatic hydroxyl groups is 1. The molecule has 1 aromatic heterocycles. The zero-order valence-corrected chi connectivity index (χ0v) is 12.2. The van der Waals surface area contributed by atoms with Crippen molar-refractivity contribution in [3.05, 3.63) is 22.4 Å². The molecule has 4 nitrogen and oxygen atoms in total. The molecular weight excluding hydrogens is 284 g/mol. The summed E-state index contributed by atoms with van der Waals surface area (Å²) in [5, 5.41) is 12.6. The summed E-state index contributed by atoms with van der Waals surface area (Å²) in [4.78, 5) is 11.8. The van der Waals surface area contributed by atoms with Crippen LogP contribution in [-0.4, -0.2) is 28.2 Å². The summed E-state index contributed by atoms with van der Waals surface area (Å²) in [7, 11) is 1.81. The summed E-state index contributed by atoms with van der Waals surface area (Å²) in [5.74, 6) is -0.179. The zero-order valence-electron chi connectivity index (χ0n) is 10.6. The lowest BCUT2D eigenvalue weighted by Gasteiger charge is -2.25. The van der Waals surface area contributed by atoms with Gasteiger partial charge in [-0.15, -0.1) is 0 Å². The molecule has 17 heavy (non-hydrogen) atoms. The lowest BCUT2D eigenvalue weighted by atomic mass is 9.89. The van der Waals surface area contributed by atoms with Gasteiger partial charge in [0.15, 0.2) is 0 Å². The van der Waals surface area contributed by atoms with E-state index in [-0.39, 0.29) is 17.9 Å². The highest BCUT2D eigenvalue weighted by molar-refractivity contribution is 9.10. The van der Waals surface area contributed by atoms with E-state index in [1.54, 1.807) is 17.7 Å². The monoisotopic (exact) mass is 302 g/mol. The Labute approximate surface area is 110 Å². The quantitative estimate of drug-likeness (QED) is 0.896.